The molecule has 0 aromatic heterocycles. The summed E-state index contributed by atoms with van der Waals surface area (Å²) in [5.74, 6) is -5.85. The van der Waals surface area contributed by atoms with Crippen LogP contribution in [0, 0.1) is 29.2 Å². The monoisotopic (exact) mass is 544 g/mol. The van der Waals surface area contributed by atoms with Crippen molar-refractivity contribution in [1.29, 1.82) is 0 Å². The summed E-state index contributed by atoms with van der Waals surface area (Å²) in [7, 11) is 0. The van der Waals surface area contributed by atoms with Gasteiger partial charge in [-0.2, -0.15) is 0 Å². The Kier molecular flexibility index (Phi) is 10.8. The standard InChI is InChI=1S/C30H32F4N2O3/c1-3-19-5-4-6-20(10-19)16-35-17-29(38)27(13-21-11-23(31)15-24(32)12-21)36-30(39)18(2)9-28(37)22-7-8-25(33)26(34)14-22/h4-8,10-12,14-15,18,27,29,35,38H,3,9,13,16-17H2,1-2H3,(H,36,39). The highest BCUT2D eigenvalue weighted by atomic mass is 19.2. The fourth-order valence-corrected chi connectivity index (χ4v) is 4.22. The molecule has 0 aliphatic rings. The van der Waals surface area contributed by atoms with E-state index in [2.05, 4.69) is 10.6 Å². The van der Waals surface area contributed by atoms with Gasteiger partial charge in [-0.3, -0.25) is 9.59 Å². The van der Waals surface area contributed by atoms with E-state index in [1.165, 1.54) is 12.5 Å². The number of aliphatic hydroxyl groups excluding tert-OH is 1. The highest BCUT2D eigenvalue weighted by molar-refractivity contribution is 5.98. The van der Waals surface area contributed by atoms with Crippen LogP contribution in [0.3, 0.4) is 0 Å². The Balaban J connectivity index is 1.67. The number of hydrogen-bond acceptors (Lipinski definition) is 4. The molecule has 3 atom stereocenters. The molecule has 0 fully saturated rings. The number of benzene rings is 3. The maximum atomic E-state index is 13.8. The number of hydrogen-bond donors (Lipinski definition) is 3. The molecular weight excluding hydrogens is 512 g/mol. The first-order chi connectivity index (χ1) is 18.5. The van der Waals surface area contributed by atoms with Gasteiger partial charge in [0.1, 0.15) is 11.6 Å². The second kappa shape index (κ2) is 14.0. The summed E-state index contributed by atoms with van der Waals surface area (Å²) < 4.78 is 54.3. The van der Waals surface area contributed by atoms with Crippen molar-refractivity contribution in [3.05, 3.63) is 106 Å². The first-order valence-electron chi connectivity index (χ1n) is 12.8. The van der Waals surface area contributed by atoms with Crippen molar-refractivity contribution in [3.63, 3.8) is 0 Å². The fourth-order valence-electron chi connectivity index (χ4n) is 4.22. The fraction of sp³-hybridized carbons (Fsp3) is 0.333. The highest BCUT2D eigenvalue weighted by Gasteiger charge is 2.26. The van der Waals surface area contributed by atoms with Crippen molar-refractivity contribution in [2.45, 2.75) is 51.8 Å². The molecule has 0 aliphatic heterocycles. The van der Waals surface area contributed by atoms with E-state index in [0.29, 0.717) is 6.54 Å². The first kappa shape index (κ1) is 30.0. The van der Waals surface area contributed by atoms with Crippen LogP contribution in [0.5, 0.6) is 0 Å². The van der Waals surface area contributed by atoms with Gasteiger partial charge in [0.2, 0.25) is 5.91 Å². The van der Waals surface area contributed by atoms with Gasteiger partial charge in [0.25, 0.3) is 0 Å². The van der Waals surface area contributed by atoms with E-state index < -0.39 is 53.0 Å². The van der Waals surface area contributed by atoms with Gasteiger partial charge in [-0.1, -0.05) is 38.1 Å². The van der Waals surface area contributed by atoms with Crippen molar-refractivity contribution in [2.75, 3.05) is 6.54 Å². The minimum atomic E-state index is -1.17. The lowest BCUT2D eigenvalue weighted by atomic mass is 9.96. The normalized spacial score (nSPS) is 13.5. The van der Waals surface area contributed by atoms with Gasteiger partial charge in [0.15, 0.2) is 17.4 Å². The van der Waals surface area contributed by atoms with Crippen LogP contribution in [0.2, 0.25) is 0 Å². The number of nitrogens with one attached hydrogen (secondary N) is 2. The van der Waals surface area contributed by atoms with Gasteiger partial charge >= 0.3 is 0 Å². The Bertz CT molecular complexity index is 1280. The zero-order chi connectivity index (χ0) is 28.5. The molecule has 3 N–H and O–H groups in total. The summed E-state index contributed by atoms with van der Waals surface area (Å²) in [6.07, 6.45) is -0.617. The third kappa shape index (κ3) is 9.01. The van der Waals surface area contributed by atoms with Gasteiger partial charge in [-0.15, -0.1) is 0 Å². The van der Waals surface area contributed by atoms with E-state index in [-0.39, 0.29) is 30.5 Å². The Morgan fingerprint density at radius 2 is 1.56 bits per heavy atom. The number of ketones is 1. The average molecular weight is 545 g/mol. The molecule has 3 rings (SSSR count). The van der Waals surface area contributed by atoms with Crippen LogP contribution in [0.25, 0.3) is 0 Å². The highest BCUT2D eigenvalue weighted by Crippen LogP contribution is 2.16. The summed E-state index contributed by atoms with van der Waals surface area (Å²) in [5.41, 5.74) is 2.34. The van der Waals surface area contributed by atoms with Crippen LogP contribution in [0.1, 0.15) is 47.3 Å². The summed E-state index contributed by atoms with van der Waals surface area (Å²) in [6.45, 7) is 4.06. The van der Waals surface area contributed by atoms with Crippen molar-refractivity contribution >= 4 is 11.7 Å². The molecule has 39 heavy (non-hydrogen) atoms. The molecule has 0 aliphatic carbocycles. The number of rotatable bonds is 13. The van der Waals surface area contributed by atoms with Crippen molar-refractivity contribution in [3.8, 4) is 0 Å². The average Bonchev–Trinajstić information content (AvgIpc) is 2.89. The third-order valence-electron chi connectivity index (χ3n) is 6.43. The van der Waals surface area contributed by atoms with Crippen molar-refractivity contribution in [2.24, 2.45) is 5.92 Å². The van der Waals surface area contributed by atoms with Crippen molar-refractivity contribution < 1.29 is 32.3 Å². The maximum absolute atomic E-state index is 13.8. The van der Waals surface area contributed by atoms with Gasteiger partial charge in [-0.25, -0.2) is 17.6 Å². The lowest BCUT2D eigenvalue weighted by molar-refractivity contribution is -0.126. The number of Topliss-reactive ketones (excluding diaryl/α,β-unsaturated/α-hetero) is 1. The number of aliphatic hydroxyl groups is 1. The Labute approximate surface area is 225 Å². The zero-order valence-corrected chi connectivity index (χ0v) is 21.8. The number of carbonyl (C=O) groups is 2. The maximum Gasteiger partial charge on any atom is 0.223 e. The number of amides is 1. The van der Waals surface area contributed by atoms with E-state index in [9.17, 15) is 32.3 Å². The molecule has 9 heteroatoms. The van der Waals surface area contributed by atoms with Gasteiger partial charge in [0.05, 0.1) is 12.1 Å². The van der Waals surface area contributed by atoms with Crippen molar-refractivity contribution in [1.82, 2.24) is 10.6 Å². The third-order valence-corrected chi connectivity index (χ3v) is 6.43. The molecule has 0 saturated heterocycles. The van der Waals surface area contributed by atoms with E-state index in [0.717, 1.165) is 48.4 Å². The molecule has 3 aromatic carbocycles. The lowest BCUT2D eigenvalue weighted by Crippen LogP contribution is -2.50. The van der Waals surface area contributed by atoms with Crippen LogP contribution in [-0.4, -0.2) is 35.5 Å². The molecule has 0 bridgehead atoms. The topological polar surface area (TPSA) is 78.4 Å². The van der Waals surface area contributed by atoms with E-state index in [1.54, 1.807) is 0 Å². The summed E-state index contributed by atoms with van der Waals surface area (Å²) in [4.78, 5) is 25.5. The Morgan fingerprint density at radius 1 is 0.872 bits per heavy atom. The molecular formula is C30H32F4N2O3. The van der Waals surface area contributed by atoms with E-state index in [4.69, 9.17) is 0 Å². The Morgan fingerprint density at radius 3 is 2.23 bits per heavy atom. The molecule has 0 heterocycles. The molecule has 0 radical (unpaired) electrons. The van der Waals surface area contributed by atoms with Crippen LogP contribution < -0.4 is 10.6 Å². The second-order valence-corrected chi connectivity index (χ2v) is 9.63. The SMILES string of the molecule is CCc1cccc(CNCC(O)C(Cc2cc(F)cc(F)c2)NC(=O)C(C)CC(=O)c2ccc(F)c(F)c2)c1. The summed E-state index contributed by atoms with van der Waals surface area (Å²) in [5, 5.41) is 16.8. The molecule has 1 amide bonds. The molecule has 3 aromatic rings. The summed E-state index contributed by atoms with van der Waals surface area (Å²) >= 11 is 0. The quantitative estimate of drug-likeness (QED) is 0.212. The number of carbonyl (C=O) groups excluding carboxylic acids is 2. The minimum Gasteiger partial charge on any atom is -0.390 e. The zero-order valence-electron chi connectivity index (χ0n) is 21.8. The first-order valence-corrected chi connectivity index (χ1v) is 12.8. The molecule has 0 saturated carbocycles. The molecule has 3 unspecified atom stereocenters. The van der Waals surface area contributed by atoms with Gasteiger partial charge in [-0.05, 0) is 59.9 Å². The number of aryl methyl sites for hydroxylation is 1. The second-order valence-electron chi connectivity index (χ2n) is 9.63. The van der Waals surface area contributed by atoms with Crippen LogP contribution in [0.4, 0.5) is 17.6 Å². The van der Waals surface area contributed by atoms with Gasteiger partial charge in [0, 0.05) is 37.1 Å². The van der Waals surface area contributed by atoms with Crippen LogP contribution >= 0.6 is 0 Å². The smallest absolute Gasteiger partial charge is 0.223 e. The van der Waals surface area contributed by atoms with E-state index >= 15 is 0 Å². The molecule has 5 nitrogen and oxygen atoms in total. The minimum absolute atomic E-state index is 0.0707. The summed E-state index contributed by atoms with van der Waals surface area (Å²) in [6, 6.07) is 12.7. The van der Waals surface area contributed by atoms with Crippen LogP contribution in [-0.2, 0) is 24.2 Å². The number of halogens is 4. The van der Waals surface area contributed by atoms with Crippen LogP contribution in [0.15, 0.2) is 60.7 Å². The predicted octanol–water partition coefficient (Wildman–Crippen LogP) is 4.89. The van der Waals surface area contributed by atoms with E-state index in [1.807, 2.05) is 31.2 Å². The Hall–Kier alpha value is -3.56. The molecule has 208 valence electrons. The predicted molar refractivity (Wildman–Crippen MR) is 140 cm³/mol. The largest absolute Gasteiger partial charge is 0.390 e. The van der Waals surface area contributed by atoms with Gasteiger partial charge < -0.3 is 15.7 Å². The lowest BCUT2D eigenvalue weighted by Gasteiger charge is -2.26. The molecule has 0 spiro atoms.